The van der Waals surface area contributed by atoms with Crippen molar-refractivity contribution in [1.82, 2.24) is 10.2 Å². The predicted molar refractivity (Wildman–Crippen MR) is 112 cm³/mol. The summed E-state index contributed by atoms with van der Waals surface area (Å²) >= 11 is 0. The molecule has 0 fully saturated rings. The summed E-state index contributed by atoms with van der Waals surface area (Å²) in [5.41, 5.74) is 4.18. The van der Waals surface area contributed by atoms with Crippen LogP contribution < -0.4 is 10.9 Å². The first-order chi connectivity index (χ1) is 14.5. The molecule has 0 aliphatic rings. The second-order valence-corrected chi connectivity index (χ2v) is 7.69. The number of halogens is 3. The van der Waals surface area contributed by atoms with Gasteiger partial charge in [-0.15, -0.1) is 0 Å². The van der Waals surface area contributed by atoms with Gasteiger partial charge in [-0.25, -0.2) is 4.79 Å². The van der Waals surface area contributed by atoms with Gasteiger partial charge < -0.3 is 9.73 Å². The average Bonchev–Trinajstić information content (AvgIpc) is 2.67. The van der Waals surface area contributed by atoms with Crippen molar-refractivity contribution in [2.24, 2.45) is 0 Å². The summed E-state index contributed by atoms with van der Waals surface area (Å²) in [5, 5.41) is 2.73. The fourth-order valence-electron chi connectivity index (χ4n) is 3.32. The summed E-state index contributed by atoms with van der Waals surface area (Å²) in [4.78, 5) is 25.8. The largest absolute Gasteiger partial charge is 0.423 e. The molecule has 8 heteroatoms. The molecule has 0 radical (unpaired) electrons. The van der Waals surface area contributed by atoms with Gasteiger partial charge >= 0.3 is 11.8 Å². The van der Waals surface area contributed by atoms with Crippen molar-refractivity contribution in [2.45, 2.75) is 33.1 Å². The molecule has 0 aliphatic carbocycles. The van der Waals surface area contributed by atoms with Gasteiger partial charge in [0.15, 0.2) is 0 Å². The number of carbonyl (C=O) groups excluding carboxylic acids is 1. The number of aryl methyl sites for hydroxylation is 2. The average molecular weight is 432 g/mol. The smallest absolute Gasteiger partial charge is 0.405 e. The Morgan fingerprint density at radius 1 is 1.03 bits per heavy atom. The van der Waals surface area contributed by atoms with E-state index in [0.717, 1.165) is 27.6 Å². The van der Waals surface area contributed by atoms with E-state index in [1.165, 1.54) is 18.2 Å². The molecule has 2 aromatic carbocycles. The molecule has 3 aromatic rings. The Hall–Kier alpha value is -3.13. The van der Waals surface area contributed by atoms with E-state index in [4.69, 9.17) is 4.42 Å². The van der Waals surface area contributed by atoms with E-state index in [2.05, 4.69) is 0 Å². The highest BCUT2D eigenvalue weighted by atomic mass is 19.4. The van der Waals surface area contributed by atoms with Gasteiger partial charge in [0.2, 0.25) is 0 Å². The molecule has 31 heavy (non-hydrogen) atoms. The lowest BCUT2D eigenvalue weighted by Crippen LogP contribution is -2.33. The number of nitrogens with one attached hydrogen (secondary N) is 1. The quantitative estimate of drug-likeness (QED) is 0.589. The number of amides is 1. The monoisotopic (exact) mass is 432 g/mol. The Morgan fingerprint density at radius 3 is 2.32 bits per heavy atom. The number of nitrogens with zero attached hydrogens (tertiary/aromatic N) is 1. The van der Waals surface area contributed by atoms with Gasteiger partial charge in [-0.3, -0.25) is 9.69 Å². The van der Waals surface area contributed by atoms with Crippen LogP contribution in [0.1, 0.15) is 32.6 Å². The number of alkyl halides is 3. The van der Waals surface area contributed by atoms with Gasteiger partial charge in [0, 0.05) is 30.1 Å². The fourth-order valence-corrected chi connectivity index (χ4v) is 3.32. The maximum Gasteiger partial charge on any atom is 0.405 e. The topological polar surface area (TPSA) is 62.6 Å². The van der Waals surface area contributed by atoms with Crippen molar-refractivity contribution in [3.05, 3.63) is 80.7 Å². The Balaban J connectivity index is 1.70. The lowest BCUT2D eigenvalue weighted by Gasteiger charge is -2.18. The molecule has 1 N–H and O–H groups in total. The van der Waals surface area contributed by atoms with Crippen LogP contribution in [0.25, 0.3) is 11.0 Å². The third kappa shape index (κ3) is 5.95. The van der Waals surface area contributed by atoms with Crippen LogP contribution in [0.3, 0.4) is 0 Å². The van der Waals surface area contributed by atoms with E-state index < -0.39 is 24.3 Å². The molecule has 164 valence electrons. The number of hydrogen-bond donors (Lipinski definition) is 1. The first kappa shape index (κ1) is 22.6. The number of rotatable bonds is 6. The minimum absolute atomic E-state index is 0.160. The van der Waals surface area contributed by atoms with Crippen LogP contribution >= 0.6 is 0 Å². The molecule has 3 rings (SSSR count). The van der Waals surface area contributed by atoms with E-state index in [9.17, 15) is 22.8 Å². The van der Waals surface area contributed by atoms with Gasteiger partial charge in [-0.2, -0.15) is 13.2 Å². The van der Waals surface area contributed by atoms with Crippen molar-refractivity contribution in [2.75, 3.05) is 13.6 Å². The molecule has 0 unspecified atom stereocenters. The minimum atomic E-state index is -4.45. The zero-order valence-electron chi connectivity index (χ0n) is 17.5. The van der Waals surface area contributed by atoms with Crippen LogP contribution in [0.2, 0.25) is 0 Å². The molecule has 0 bridgehead atoms. The Kier molecular flexibility index (Phi) is 6.50. The second kappa shape index (κ2) is 8.93. The highest BCUT2D eigenvalue weighted by Crippen LogP contribution is 2.23. The molecule has 0 aliphatic heterocycles. The number of hydrogen-bond acceptors (Lipinski definition) is 4. The van der Waals surface area contributed by atoms with Gasteiger partial charge in [-0.1, -0.05) is 12.1 Å². The van der Waals surface area contributed by atoms with E-state index in [0.29, 0.717) is 18.7 Å². The van der Waals surface area contributed by atoms with Crippen LogP contribution in [-0.4, -0.2) is 30.6 Å². The maximum atomic E-state index is 12.2. The van der Waals surface area contributed by atoms with Gasteiger partial charge in [0.1, 0.15) is 12.1 Å². The summed E-state index contributed by atoms with van der Waals surface area (Å²) in [7, 11) is 1.89. The van der Waals surface area contributed by atoms with E-state index in [1.807, 2.05) is 43.2 Å². The van der Waals surface area contributed by atoms with E-state index in [-0.39, 0.29) is 5.56 Å². The summed E-state index contributed by atoms with van der Waals surface area (Å²) in [6.45, 7) is 3.62. The summed E-state index contributed by atoms with van der Waals surface area (Å²) < 4.78 is 42.0. The molecule has 0 saturated carbocycles. The van der Waals surface area contributed by atoms with Crippen LogP contribution in [-0.2, 0) is 13.1 Å². The summed E-state index contributed by atoms with van der Waals surface area (Å²) in [6.07, 6.45) is -4.45. The van der Waals surface area contributed by atoms with Crippen LogP contribution in [0.4, 0.5) is 13.2 Å². The third-order valence-corrected chi connectivity index (χ3v) is 5.00. The molecule has 5 nitrogen and oxygen atoms in total. The Labute approximate surface area is 177 Å². The van der Waals surface area contributed by atoms with Crippen LogP contribution in [0, 0.1) is 13.8 Å². The zero-order valence-corrected chi connectivity index (χ0v) is 17.5. The molecule has 1 amide bonds. The lowest BCUT2D eigenvalue weighted by molar-refractivity contribution is -0.123. The molecular formula is C23H23F3N2O3. The molecule has 0 saturated heterocycles. The summed E-state index contributed by atoms with van der Waals surface area (Å²) in [5.74, 6) is -0.773. The van der Waals surface area contributed by atoms with Gasteiger partial charge in [0.05, 0.1) is 0 Å². The maximum absolute atomic E-state index is 12.2. The van der Waals surface area contributed by atoms with Crippen LogP contribution in [0.5, 0.6) is 0 Å². The molecule has 0 atom stereocenters. The van der Waals surface area contributed by atoms with Gasteiger partial charge in [0.25, 0.3) is 5.91 Å². The number of carbonyl (C=O) groups is 1. The molecule has 1 heterocycles. The van der Waals surface area contributed by atoms with Crippen molar-refractivity contribution in [1.29, 1.82) is 0 Å². The van der Waals surface area contributed by atoms with Crippen molar-refractivity contribution >= 4 is 16.9 Å². The van der Waals surface area contributed by atoms with Gasteiger partial charge in [-0.05, 0) is 67.4 Å². The van der Waals surface area contributed by atoms with Crippen LogP contribution in [0.15, 0.2) is 51.7 Å². The molecule has 1 aromatic heterocycles. The molecular weight excluding hydrogens is 409 g/mol. The third-order valence-electron chi connectivity index (χ3n) is 5.00. The SMILES string of the molecule is Cc1cc2oc(=O)cc(CN(C)Cc3ccc(C(=O)NCC(F)(F)F)cc3)c2cc1C. The minimum Gasteiger partial charge on any atom is -0.423 e. The fraction of sp³-hybridized carbons (Fsp3) is 0.304. The highest BCUT2D eigenvalue weighted by Gasteiger charge is 2.27. The van der Waals surface area contributed by atoms with E-state index in [1.54, 1.807) is 12.1 Å². The number of benzene rings is 2. The van der Waals surface area contributed by atoms with Crippen molar-refractivity contribution in [3.8, 4) is 0 Å². The predicted octanol–water partition coefficient (Wildman–Crippen LogP) is 4.33. The van der Waals surface area contributed by atoms with Crippen molar-refractivity contribution < 1.29 is 22.4 Å². The Morgan fingerprint density at radius 2 is 1.68 bits per heavy atom. The second-order valence-electron chi connectivity index (χ2n) is 7.69. The highest BCUT2D eigenvalue weighted by molar-refractivity contribution is 5.94. The lowest BCUT2D eigenvalue weighted by atomic mass is 10.0. The first-order valence-corrected chi connectivity index (χ1v) is 9.68. The zero-order chi connectivity index (χ0) is 22.8. The Bertz CT molecular complexity index is 1150. The standard InChI is InChI=1S/C23H23F3N2O3/c1-14-8-19-18(10-21(29)31-20(19)9-15(14)2)12-28(3)11-16-4-6-17(7-5-16)22(30)27-13-23(24,25)26/h4-10H,11-13H2,1-3H3,(H,27,30). The summed E-state index contributed by atoms with van der Waals surface area (Å²) in [6, 6.07) is 11.7. The number of fused-ring (bicyclic) bond motifs is 1. The normalized spacial score (nSPS) is 11.8. The van der Waals surface area contributed by atoms with E-state index >= 15 is 0 Å². The first-order valence-electron chi connectivity index (χ1n) is 9.68. The van der Waals surface area contributed by atoms with Crippen molar-refractivity contribution in [3.63, 3.8) is 0 Å². The molecule has 0 spiro atoms.